The monoisotopic (exact) mass is 340 g/mol. The highest BCUT2D eigenvalue weighted by Crippen LogP contribution is 2.34. The SMILES string of the molecule is CC(C)(CCN1N=CC(C(=O)O)C1C(F)(F)F)O[Si](C)(C)C. The van der Waals surface area contributed by atoms with E-state index in [0.29, 0.717) is 6.42 Å². The van der Waals surface area contributed by atoms with E-state index in [4.69, 9.17) is 9.53 Å². The molecule has 0 saturated carbocycles. The van der Waals surface area contributed by atoms with E-state index in [1.807, 2.05) is 33.5 Å². The van der Waals surface area contributed by atoms with Crippen molar-refractivity contribution in [2.75, 3.05) is 6.54 Å². The lowest BCUT2D eigenvalue weighted by atomic mass is 10.0. The van der Waals surface area contributed by atoms with Crippen molar-refractivity contribution in [1.29, 1.82) is 0 Å². The normalized spacial score (nSPS) is 23.2. The molecule has 0 aromatic rings. The van der Waals surface area contributed by atoms with Gasteiger partial charge >= 0.3 is 12.1 Å². The van der Waals surface area contributed by atoms with Crippen LogP contribution in [0, 0.1) is 5.92 Å². The molecule has 1 aliphatic rings. The van der Waals surface area contributed by atoms with Gasteiger partial charge in [-0.25, -0.2) is 0 Å². The van der Waals surface area contributed by atoms with Crippen LogP contribution in [0.25, 0.3) is 0 Å². The molecule has 0 spiro atoms. The molecule has 0 fully saturated rings. The quantitative estimate of drug-likeness (QED) is 0.755. The van der Waals surface area contributed by atoms with Gasteiger partial charge in [-0.1, -0.05) is 0 Å². The first kappa shape index (κ1) is 19.0. The maximum Gasteiger partial charge on any atom is 0.411 e. The summed E-state index contributed by atoms with van der Waals surface area (Å²) in [5.74, 6) is -3.19. The van der Waals surface area contributed by atoms with Crippen LogP contribution in [0.2, 0.25) is 19.6 Å². The summed E-state index contributed by atoms with van der Waals surface area (Å²) < 4.78 is 45.3. The molecule has 9 heteroatoms. The summed E-state index contributed by atoms with van der Waals surface area (Å²) in [7, 11) is -1.83. The van der Waals surface area contributed by atoms with Gasteiger partial charge in [0.15, 0.2) is 14.4 Å². The van der Waals surface area contributed by atoms with Crippen molar-refractivity contribution in [2.45, 2.75) is 57.7 Å². The van der Waals surface area contributed by atoms with E-state index in [2.05, 4.69) is 5.10 Å². The number of nitrogens with zero attached hydrogens (tertiary/aromatic N) is 2. The van der Waals surface area contributed by atoms with Crippen molar-refractivity contribution in [3.8, 4) is 0 Å². The zero-order valence-corrected chi connectivity index (χ0v) is 14.4. The molecule has 22 heavy (non-hydrogen) atoms. The molecule has 0 saturated heterocycles. The van der Waals surface area contributed by atoms with Gasteiger partial charge in [0, 0.05) is 12.8 Å². The van der Waals surface area contributed by atoms with E-state index in [9.17, 15) is 18.0 Å². The van der Waals surface area contributed by atoms with Crippen LogP contribution in [-0.2, 0) is 9.22 Å². The highest BCUT2D eigenvalue weighted by Gasteiger charge is 2.53. The molecule has 0 aromatic carbocycles. The number of carboxylic acids is 1. The molecule has 1 N–H and O–H groups in total. The fourth-order valence-corrected chi connectivity index (χ4v) is 4.29. The van der Waals surface area contributed by atoms with Crippen molar-refractivity contribution < 1.29 is 27.5 Å². The van der Waals surface area contributed by atoms with Crippen LogP contribution < -0.4 is 0 Å². The summed E-state index contributed by atoms with van der Waals surface area (Å²) in [6.07, 6.45) is -3.47. The van der Waals surface area contributed by atoms with E-state index in [-0.39, 0.29) is 6.54 Å². The molecule has 1 aliphatic heterocycles. The maximum atomic E-state index is 13.1. The van der Waals surface area contributed by atoms with E-state index >= 15 is 0 Å². The molecule has 2 atom stereocenters. The molecular weight excluding hydrogens is 317 g/mol. The Hall–Kier alpha value is -1.09. The average Bonchev–Trinajstić information content (AvgIpc) is 2.66. The zero-order valence-electron chi connectivity index (χ0n) is 13.4. The highest BCUT2D eigenvalue weighted by molar-refractivity contribution is 6.69. The van der Waals surface area contributed by atoms with Crippen LogP contribution in [0.4, 0.5) is 13.2 Å². The average molecular weight is 340 g/mol. The number of rotatable bonds is 6. The zero-order chi connectivity index (χ0) is 17.3. The first-order chi connectivity index (χ1) is 9.73. The predicted molar refractivity (Wildman–Crippen MR) is 79.3 cm³/mol. The third kappa shape index (κ3) is 5.27. The highest BCUT2D eigenvalue weighted by atomic mass is 28.4. The fourth-order valence-electron chi connectivity index (χ4n) is 2.53. The van der Waals surface area contributed by atoms with E-state index in [1.165, 1.54) is 0 Å². The summed E-state index contributed by atoms with van der Waals surface area (Å²) in [6, 6.07) is -2.12. The summed E-state index contributed by atoms with van der Waals surface area (Å²) in [6.45, 7) is 9.64. The van der Waals surface area contributed by atoms with Crippen LogP contribution in [0.5, 0.6) is 0 Å². The Morgan fingerprint density at radius 1 is 1.36 bits per heavy atom. The summed E-state index contributed by atoms with van der Waals surface area (Å²) in [4.78, 5) is 11.0. The standard InChI is InChI=1S/C13H23F3N2O3Si/c1-12(2,21-22(3,4)5)6-7-18-10(13(14,15)16)9(8-17-18)11(19)20/h8-10H,6-7H2,1-5H3,(H,19,20). The molecule has 5 nitrogen and oxygen atoms in total. The van der Waals surface area contributed by atoms with Gasteiger partial charge in [-0.3, -0.25) is 9.80 Å². The fraction of sp³-hybridized carbons (Fsp3) is 0.846. The van der Waals surface area contributed by atoms with Crippen molar-refractivity contribution in [3.05, 3.63) is 0 Å². The molecule has 2 unspecified atom stereocenters. The molecule has 1 rings (SSSR count). The van der Waals surface area contributed by atoms with Gasteiger partial charge < -0.3 is 9.53 Å². The Kier molecular flexibility index (Phi) is 5.33. The van der Waals surface area contributed by atoms with Crippen LogP contribution in [0.3, 0.4) is 0 Å². The lowest BCUT2D eigenvalue weighted by molar-refractivity contribution is -0.194. The smallest absolute Gasteiger partial charge is 0.411 e. The number of carbonyl (C=O) groups is 1. The maximum absolute atomic E-state index is 13.1. The molecule has 0 radical (unpaired) electrons. The van der Waals surface area contributed by atoms with Crippen LogP contribution in [-0.4, -0.2) is 55.0 Å². The Labute approximate surface area is 129 Å². The van der Waals surface area contributed by atoms with Crippen LogP contribution in [0.15, 0.2) is 5.10 Å². The third-order valence-corrected chi connectivity index (χ3v) is 4.35. The van der Waals surface area contributed by atoms with Gasteiger partial charge in [0.25, 0.3) is 0 Å². The van der Waals surface area contributed by atoms with Gasteiger partial charge in [0.2, 0.25) is 0 Å². The number of halogens is 3. The van der Waals surface area contributed by atoms with E-state index in [1.54, 1.807) is 0 Å². The molecular formula is C13H23F3N2O3Si. The van der Waals surface area contributed by atoms with E-state index in [0.717, 1.165) is 11.2 Å². The van der Waals surface area contributed by atoms with Gasteiger partial charge in [-0.15, -0.1) is 0 Å². The topological polar surface area (TPSA) is 62.1 Å². The first-order valence-electron chi connectivity index (χ1n) is 7.03. The second-order valence-corrected chi connectivity index (χ2v) is 11.4. The van der Waals surface area contributed by atoms with Crippen molar-refractivity contribution in [1.82, 2.24) is 5.01 Å². The minimum atomic E-state index is -4.65. The molecule has 0 aliphatic carbocycles. The predicted octanol–water partition coefficient (Wildman–Crippen LogP) is 2.94. The van der Waals surface area contributed by atoms with Crippen molar-refractivity contribution >= 4 is 20.5 Å². The molecule has 0 aromatic heterocycles. The van der Waals surface area contributed by atoms with Crippen LogP contribution >= 0.6 is 0 Å². The minimum Gasteiger partial charge on any atom is -0.481 e. The Bertz CT molecular complexity index is 447. The van der Waals surface area contributed by atoms with Gasteiger partial charge in [0.1, 0.15) is 5.92 Å². The molecule has 0 bridgehead atoms. The number of carboxylic acid groups (broad SMARTS) is 1. The second kappa shape index (κ2) is 6.19. The van der Waals surface area contributed by atoms with E-state index < -0.39 is 38.0 Å². The van der Waals surface area contributed by atoms with Crippen molar-refractivity contribution in [2.24, 2.45) is 11.0 Å². The number of hydrazone groups is 1. The lowest BCUT2D eigenvalue weighted by Crippen LogP contribution is -2.48. The number of aliphatic carboxylic acids is 1. The van der Waals surface area contributed by atoms with Gasteiger partial charge in [-0.05, 0) is 39.9 Å². The lowest BCUT2D eigenvalue weighted by Gasteiger charge is -2.35. The third-order valence-electron chi connectivity index (χ3n) is 3.18. The largest absolute Gasteiger partial charge is 0.481 e. The number of alkyl halides is 3. The van der Waals surface area contributed by atoms with Gasteiger partial charge in [-0.2, -0.15) is 18.3 Å². The number of hydrogen-bond acceptors (Lipinski definition) is 4. The Morgan fingerprint density at radius 2 is 1.91 bits per heavy atom. The molecule has 0 amide bonds. The summed E-state index contributed by atoms with van der Waals surface area (Å²) in [5, 5.41) is 13.4. The Balaban J connectivity index is 2.76. The number of hydrogen-bond donors (Lipinski definition) is 1. The summed E-state index contributed by atoms with van der Waals surface area (Å²) in [5.41, 5.74) is -0.586. The molecule has 128 valence electrons. The molecule has 1 heterocycles. The van der Waals surface area contributed by atoms with Crippen molar-refractivity contribution in [3.63, 3.8) is 0 Å². The van der Waals surface area contributed by atoms with Crippen LogP contribution in [0.1, 0.15) is 20.3 Å². The minimum absolute atomic E-state index is 0.0120. The second-order valence-electron chi connectivity index (χ2n) is 7.00. The van der Waals surface area contributed by atoms with Gasteiger partial charge in [0.05, 0.1) is 5.60 Å². The first-order valence-corrected chi connectivity index (χ1v) is 10.4. The summed E-state index contributed by atoms with van der Waals surface area (Å²) >= 11 is 0. The Morgan fingerprint density at radius 3 is 2.32 bits per heavy atom.